The summed E-state index contributed by atoms with van der Waals surface area (Å²) in [6, 6.07) is 0. The standard InChI is InChI=1S/C17H23NO9/c1-23-14(19)3-5-16(21)26-12-13(11-18-7-9-25-10-8-18)27-17(22)6-4-15(20)24-2/h3-6,13H,7-12H2,1-2H3/p+1/b5-3+,6-4+. The molecule has 0 aromatic carbocycles. The highest BCUT2D eigenvalue weighted by Gasteiger charge is 2.24. The van der Waals surface area contributed by atoms with Crippen molar-refractivity contribution < 1.29 is 47.8 Å². The van der Waals surface area contributed by atoms with E-state index < -0.39 is 30.0 Å². The van der Waals surface area contributed by atoms with Crippen molar-refractivity contribution in [3.63, 3.8) is 0 Å². The molecule has 10 heteroatoms. The third-order valence-corrected chi connectivity index (χ3v) is 3.52. The maximum absolute atomic E-state index is 11.8. The quantitative estimate of drug-likeness (QED) is 0.268. The van der Waals surface area contributed by atoms with E-state index in [1.165, 1.54) is 14.2 Å². The van der Waals surface area contributed by atoms with Gasteiger partial charge in [0.1, 0.15) is 26.2 Å². The van der Waals surface area contributed by atoms with Crippen LogP contribution in [-0.2, 0) is 42.9 Å². The predicted molar refractivity (Wildman–Crippen MR) is 89.5 cm³/mol. The molecule has 1 atom stereocenters. The van der Waals surface area contributed by atoms with Crippen LogP contribution >= 0.6 is 0 Å². The molecule has 0 saturated carbocycles. The number of hydrogen-bond donors (Lipinski definition) is 1. The van der Waals surface area contributed by atoms with E-state index in [1.807, 2.05) is 0 Å². The highest BCUT2D eigenvalue weighted by atomic mass is 16.6. The summed E-state index contributed by atoms with van der Waals surface area (Å²) in [6.45, 7) is 2.81. The first-order valence-corrected chi connectivity index (χ1v) is 8.25. The van der Waals surface area contributed by atoms with Gasteiger partial charge in [0.15, 0.2) is 6.10 Å². The number of esters is 4. The van der Waals surface area contributed by atoms with Crippen molar-refractivity contribution >= 4 is 23.9 Å². The van der Waals surface area contributed by atoms with Crippen molar-refractivity contribution in [1.82, 2.24) is 0 Å². The lowest BCUT2D eigenvalue weighted by Gasteiger charge is -2.27. The monoisotopic (exact) mass is 386 g/mol. The van der Waals surface area contributed by atoms with Gasteiger partial charge >= 0.3 is 23.9 Å². The molecule has 0 spiro atoms. The lowest BCUT2D eigenvalue weighted by Crippen LogP contribution is -3.15. The molecule has 27 heavy (non-hydrogen) atoms. The number of hydrogen-bond acceptors (Lipinski definition) is 9. The smallest absolute Gasteiger partial charge is 0.331 e. The molecule has 10 nitrogen and oxygen atoms in total. The van der Waals surface area contributed by atoms with Crippen LogP contribution in [0.4, 0.5) is 0 Å². The molecule has 0 radical (unpaired) electrons. The Morgan fingerprint density at radius 1 is 0.889 bits per heavy atom. The largest absolute Gasteiger partial charge is 0.466 e. The van der Waals surface area contributed by atoms with Crippen molar-refractivity contribution in [3.05, 3.63) is 24.3 Å². The lowest BCUT2D eigenvalue weighted by atomic mass is 10.3. The SMILES string of the molecule is COC(=O)/C=C/C(=O)OCC(C[NH+]1CCOCC1)OC(=O)/C=C/C(=O)OC. The third-order valence-electron chi connectivity index (χ3n) is 3.52. The summed E-state index contributed by atoms with van der Waals surface area (Å²) in [6.07, 6.45) is 2.99. The molecule has 0 aromatic rings. The van der Waals surface area contributed by atoms with Gasteiger partial charge in [0.25, 0.3) is 0 Å². The van der Waals surface area contributed by atoms with Crippen molar-refractivity contribution in [2.75, 3.05) is 53.7 Å². The number of ether oxygens (including phenoxy) is 5. The second-order valence-electron chi connectivity index (χ2n) is 5.47. The van der Waals surface area contributed by atoms with E-state index >= 15 is 0 Å². The van der Waals surface area contributed by atoms with E-state index in [4.69, 9.17) is 14.2 Å². The Morgan fingerprint density at radius 2 is 1.41 bits per heavy atom. The maximum Gasteiger partial charge on any atom is 0.331 e. The third kappa shape index (κ3) is 10.1. The summed E-state index contributed by atoms with van der Waals surface area (Å²) in [5.41, 5.74) is 0. The van der Waals surface area contributed by atoms with Crippen LogP contribution in [0.2, 0.25) is 0 Å². The maximum atomic E-state index is 11.8. The van der Waals surface area contributed by atoms with Crippen LogP contribution in [0, 0.1) is 0 Å². The van der Waals surface area contributed by atoms with Gasteiger partial charge in [-0.25, -0.2) is 19.2 Å². The second-order valence-corrected chi connectivity index (χ2v) is 5.47. The van der Waals surface area contributed by atoms with Crippen LogP contribution < -0.4 is 4.90 Å². The number of nitrogens with one attached hydrogen (secondary N) is 1. The van der Waals surface area contributed by atoms with Crippen LogP contribution in [0.3, 0.4) is 0 Å². The normalized spacial score (nSPS) is 16.1. The van der Waals surface area contributed by atoms with E-state index in [1.54, 1.807) is 0 Å². The average molecular weight is 386 g/mol. The van der Waals surface area contributed by atoms with E-state index in [2.05, 4.69) is 9.47 Å². The molecular weight excluding hydrogens is 362 g/mol. The zero-order chi connectivity index (χ0) is 20.1. The number of methoxy groups -OCH3 is 2. The molecule has 0 aromatic heterocycles. The van der Waals surface area contributed by atoms with Gasteiger partial charge in [-0.3, -0.25) is 0 Å². The number of carbonyl (C=O) groups excluding carboxylic acids is 4. The molecule has 1 rings (SSSR count). The van der Waals surface area contributed by atoms with E-state index in [0.717, 1.165) is 42.3 Å². The molecule has 1 N–H and O–H groups in total. The second kappa shape index (κ2) is 12.6. The van der Waals surface area contributed by atoms with Gasteiger partial charge in [0.2, 0.25) is 0 Å². The lowest BCUT2D eigenvalue weighted by molar-refractivity contribution is -0.910. The van der Waals surface area contributed by atoms with Crippen molar-refractivity contribution in [1.29, 1.82) is 0 Å². The molecule has 0 aliphatic carbocycles. The highest BCUT2D eigenvalue weighted by molar-refractivity contribution is 5.92. The number of carbonyl (C=O) groups is 4. The summed E-state index contributed by atoms with van der Waals surface area (Å²) in [5.74, 6) is -2.93. The van der Waals surface area contributed by atoms with Crippen LogP contribution in [0.5, 0.6) is 0 Å². The Morgan fingerprint density at radius 3 is 1.96 bits per heavy atom. The number of rotatable bonds is 9. The van der Waals surface area contributed by atoms with Gasteiger partial charge in [-0.1, -0.05) is 0 Å². The van der Waals surface area contributed by atoms with E-state index in [9.17, 15) is 19.2 Å². The Labute approximate surface area is 156 Å². The van der Waals surface area contributed by atoms with E-state index in [0.29, 0.717) is 19.8 Å². The van der Waals surface area contributed by atoms with Crippen LogP contribution in [-0.4, -0.2) is 83.7 Å². The first kappa shape index (κ1) is 22.3. The van der Waals surface area contributed by atoms with E-state index in [-0.39, 0.29) is 6.61 Å². The molecule has 1 saturated heterocycles. The van der Waals surface area contributed by atoms with Crippen molar-refractivity contribution in [3.8, 4) is 0 Å². The Kier molecular flexibility index (Phi) is 10.4. The van der Waals surface area contributed by atoms with Crippen molar-refractivity contribution in [2.45, 2.75) is 6.10 Å². The molecule has 1 fully saturated rings. The number of morpholine rings is 1. The Hall–Kier alpha value is -2.72. The van der Waals surface area contributed by atoms with Gasteiger partial charge in [0.05, 0.1) is 27.4 Å². The minimum absolute atomic E-state index is 0.202. The Bertz CT molecular complexity index is 579. The molecule has 1 aliphatic heterocycles. The minimum atomic E-state index is -0.775. The molecule has 150 valence electrons. The fourth-order valence-electron chi connectivity index (χ4n) is 2.16. The van der Waals surface area contributed by atoms with Crippen LogP contribution in [0.1, 0.15) is 0 Å². The van der Waals surface area contributed by atoms with Gasteiger partial charge < -0.3 is 28.6 Å². The summed E-state index contributed by atoms with van der Waals surface area (Å²) < 4.78 is 24.3. The molecule has 1 heterocycles. The summed E-state index contributed by atoms with van der Waals surface area (Å²) >= 11 is 0. The highest BCUT2D eigenvalue weighted by Crippen LogP contribution is 1.97. The van der Waals surface area contributed by atoms with Gasteiger partial charge in [0, 0.05) is 24.3 Å². The van der Waals surface area contributed by atoms with Crippen LogP contribution in [0.25, 0.3) is 0 Å². The average Bonchev–Trinajstić information content (AvgIpc) is 2.68. The van der Waals surface area contributed by atoms with Gasteiger partial charge in [-0.2, -0.15) is 0 Å². The van der Waals surface area contributed by atoms with Crippen molar-refractivity contribution in [2.24, 2.45) is 0 Å². The Balaban J connectivity index is 2.60. The fourth-order valence-corrected chi connectivity index (χ4v) is 2.16. The number of quaternary nitrogens is 1. The summed E-state index contributed by atoms with van der Waals surface area (Å²) in [4.78, 5) is 46.6. The zero-order valence-corrected chi connectivity index (χ0v) is 15.3. The predicted octanol–water partition coefficient (Wildman–Crippen LogP) is -2.19. The molecule has 0 bridgehead atoms. The topological polar surface area (TPSA) is 119 Å². The first-order valence-electron chi connectivity index (χ1n) is 8.25. The fraction of sp³-hybridized carbons (Fsp3) is 0.529. The molecule has 0 amide bonds. The molecular formula is C17H24NO9+. The van der Waals surface area contributed by atoms with Gasteiger partial charge in [-0.05, 0) is 0 Å². The molecule has 1 unspecified atom stereocenters. The summed E-state index contributed by atoms with van der Waals surface area (Å²) in [7, 11) is 2.37. The first-order chi connectivity index (χ1) is 12.9. The zero-order valence-electron chi connectivity index (χ0n) is 15.3. The molecule has 1 aliphatic rings. The minimum Gasteiger partial charge on any atom is -0.466 e. The summed E-state index contributed by atoms with van der Waals surface area (Å²) in [5, 5.41) is 0. The van der Waals surface area contributed by atoms with Crippen LogP contribution in [0.15, 0.2) is 24.3 Å². The van der Waals surface area contributed by atoms with Gasteiger partial charge in [-0.15, -0.1) is 0 Å².